The lowest BCUT2D eigenvalue weighted by atomic mass is 10.2. The van der Waals surface area contributed by atoms with Gasteiger partial charge in [0.15, 0.2) is 11.6 Å². The predicted molar refractivity (Wildman–Crippen MR) is 81.2 cm³/mol. The molecule has 2 rings (SSSR count). The number of thiocarbonyl (C=S) groups is 1. The zero-order valence-electron chi connectivity index (χ0n) is 10.1. The van der Waals surface area contributed by atoms with Gasteiger partial charge in [-0.1, -0.05) is 24.4 Å². The molecule has 0 radical (unpaired) electrons. The Kier molecular flexibility index (Phi) is 4.17. The van der Waals surface area contributed by atoms with E-state index in [2.05, 4.69) is 15.9 Å². The lowest BCUT2D eigenvalue weighted by molar-refractivity contribution is 0.440. The molecule has 2 N–H and O–H groups in total. The molecule has 0 unspecified atom stereocenters. The standard InChI is InChI=1S/C14H11BrFNOS/c1-8-3-2-4-9(7-8)18-11-6-5-10(14(17)19)12(15)13(11)16/h2-7H,1H3,(H2,17,19). The molecular weight excluding hydrogens is 329 g/mol. The van der Waals surface area contributed by atoms with Crippen molar-refractivity contribution >= 4 is 33.1 Å². The molecule has 0 aliphatic heterocycles. The van der Waals surface area contributed by atoms with Gasteiger partial charge < -0.3 is 10.5 Å². The maximum Gasteiger partial charge on any atom is 0.180 e. The van der Waals surface area contributed by atoms with E-state index in [0.29, 0.717) is 11.3 Å². The minimum Gasteiger partial charge on any atom is -0.454 e. The summed E-state index contributed by atoms with van der Waals surface area (Å²) in [5, 5.41) is 0. The lowest BCUT2D eigenvalue weighted by Gasteiger charge is -2.10. The molecule has 2 aromatic rings. The first-order chi connectivity index (χ1) is 8.99. The summed E-state index contributed by atoms with van der Waals surface area (Å²) >= 11 is 7.98. The molecule has 0 amide bonds. The smallest absolute Gasteiger partial charge is 0.180 e. The molecule has 0 saturated carbocycles. The van der Waals surface area contributed by atoms with Gasteiger partial charge in [0.2, 0.25) is 0 Å². The first-order valence-corrected chi connectivity index (χ1v) is 6.71. The number of hydrogen-bond acceptors (Lipinski definition) is 2. The summed E-state index contributed by atoms with van der Waals surface area (Å²) in [6.45, 7) is 1.94. The van der Waals surface area contributed by atoms with Gasteiger partial charge in [-0.2, -0.15) is 0 Å². The van der Waals surface area contributed by atoms with E-state index in [0.717, 1.165) is 5.56 Å². The monoisotopic (exact) mass is 339 g/mol. The van der Waals surface area contributed by atoms with Gasteiger partial charge in [0, 0.05) is 5.56 Å². The van der Waals surface area contributed by atoms with E-state index in [1.165, 1.54) is 6.07 Å². The molecule has 98 valence electrons. The highest BCUT2D eigenvalue weighted by molar-refractivity contribution is 9.10. The van der Waals surface area contributed by atoms with Gasteiger partial charge in [-0.3, -0.25) is 0 Å². The van der Waals surface area contributed by atoms with Crippen molar-refractivity contribution in [3.8, 4) is 11.5 Å². The Morgan fingerprint density at radius 2 is 2.05 bits per heavy atom. The van der Waals surface area contributed by atoms with Crippen LogP contribution in [-0.2, 0) is 0 Å². The fraction of sp³-hybridized carbons (Fsp3) is 0.0714. The van der Waals surface area contributed by atoms with Crippen LogP contribution in [0.15, 0.2) is 40.9 Å². The van der Waals surface area contributed by atoms with E-state index in [-0.39, 0.29) is 15.2 Å². The maximum absolute atomic E-state index is 14.1. The second kappa shape index (κ2) is 5.67. The number of aryl methyl sites for hydroxylation is 1. The molecule has 2 aromatic carbocycles. The Labute approximate surface area is 124 Å². The van der Waals surface area contributed by atoms with Crippen molar-refractivity contribution in [3.63, 3.8) is 0 Å². The summed E-state index contributed by atoms with van der Waals surface area (Å²) in [6, 6.07) is 10.5. The fourth-order valence-corrected chi connectivity index (χ4v) is 2.45. The first-order valence-electron chi connectivity index (χ1n) is 5.51. The molecule has 0 fully saturated rings. The van der Waals surface area contributed by atoms with Gasteiger partial charge in [0.25, 0.3) is 0 Å². The Bertz CT molecular complexity index is 645. The van der Waals surface area contributed by atoms with E-state index >= 15 is 0 Å². The maximum atomic E-state index is 14.1. The number of rotatable bonds is 3. The van der Waals surface area contributed by atoms with Crippen molar-refractivity contribution in [2.75, 3.05) is 0 Å². The Morgan fingerprint density at radius 1 is 1.32 bits per heavy atom. The molecule has 0 aromatic heterocycles. The van der Waals surface area contributed by atoms with Crippen LogP contribution in [0.2, 0.25) is 0 Å². The number of nitrogens with two attached hydrogens (primary N) is 1. The lowest BCUT2D eigenvalue weighted by Crippen LogP contribution is -2.11. The third-order valence-corrected chi connectivity index (χ3v) is 3.52. The molecule has 0 spiro atoms. The Morgan fingerprint density at radius 3 is 2.68 bits per heavy atom. The third kappa shape index (κ3) is 3.11. The van der Waals surface area contributed by atoms with Crippen molar-refractivity contribution in [2.24, 2.45) is 5.73 Å². The second-order valence-electron chi connectivity index (χ2n) is 4.02. The van der Waals surface area contributed by atoms with E-state index in [4.69, 9.17) is 22.7 Å². The van der Waals surface area contributed by atoms with E-state index in [1.807, 2.05) is 25.1 Å². The third-order valence-electron chi connectivity index (χ3n) is 2.53. The summed E-state index contributed by atoms with van der Waals surface area (Å²) in [5.74, 6) is 0.179. The summed E-state index contributed by atoms with van der Waals surface area (Å²) in [6.07, 6.45) is 0. The zero-order chi connectivity index (χ0) is 14.0. The SMILES string of the molecule is Cc1cccc(Oc2ccc(C(N)=S)c(Br)c2F)c1. The normalized spacial score (nSPS) is 10.3. The van der Waals surface area contributed by atoms with Crippen molar-refractivity contribution in [1.82, 2.24) is 0 Å². The summed E-state index contributed by atoms with van der Waals surface area (Å²) in [7, 11) is 0. The van der Waals surface area contributed by atoms with Gasteiger partial charge in [0.05, 0.1) is 4.47 Å². The molecule has 0 atom stereocenters. The van der Waals surface area contributed by atoms with Crippen LogP contribution in [0.1, 0.15) is 11.1 Å². The molecule has 0 aliphatic carbocycles. The van der Waals surface area contributed by atoms with E-state index in [1.54, 1.807) is 12.1 Å². The Hall–Kier alpha value is -1.46. The van der Waals surface area contributed by atoms with Crippen LogP contribution in [0.3, 0.4) is 0 Å². The summed E-state index contributed by atoms with van der Waals surface area (Å²) in [5.41, 5.74) is 6.99. The highest BCUT2D eigenvalue weighted by Gasteiger charge is 2.14. The quantitative estimate of drug-likeness (QED) is 0.845. The van der Waals surface area contributed by atoms with Crippen LogP contribution in [-0.4, -0.2) is 4.99 Å². The molecule has 0 saturated heterocycles. The van der Waals surface area contributed by atoms with Crippen molar-refractivity contribution < 1.29 is 9.13 Å². The van der Waals surface area contributed by atoms with Crippen LogP contribution in [0.5, 0.6) is 11.5 Å². The number of halogens is 2. The van der Waals surface area contributed by atoms with Crippen LogP contribution in [0, 0.1) is 12.7 Å². The first kappa shape index (κ1) is 14.0. The fourth-order valence-electron chi connectivity index (χ4n) is 1.61. The molecule has 2 nitrogen and oxygen atoms in total. The number of hydrogen-bond donors (Lipinski definition) is 1. The largest absolute Gasteiger partial charge is 0.454 e. The topological polar surface area (TPSA) is 35.2 Å². The van der Waals surface area contributed by atoms with E-state index in [9.17, 15) is 4.39 Å². The van der Waals surface area contributed by atoms with Crippen LogP contribution < -0.4 is 10.5 Å². The van der Waals surface area contributed by atoms with Crippen molar-refractivity contribution in [3.05, 3.63) is 57.8 Å². The number of ether oxygens (including phenoxy) is 1. The van der Waals surface area contributed by atoms with Crippen LogP contribution in [0.4, 0.5) is 4.39 Å². The van der Waals surface area contributed by atoms with E-state index < -0.39 is 5.82 Å². The summed E-state index contributed by atoms with van der Waals surface area (Å²) < 4.78 is 19.9. The highest BCUT2D eigenvalue weighted by atomic mass is 79.9. The molecule has 0 aliphatic rings. The van der Waals surface area contributed by atoms with Crippen LogP contribution >= 0.6 is 28.1 Å². The number of benzene rings is 2. The van der Waals surface area contributed by atoms with Crippen LogP contribution in [0.25, 0.3) is 0 Å². The van der Waals surface area contributed by atoms with Gasteiger partial charge >= 0.3 is 0 Å². The van der Waals surface area contributed by atoms with Crippen molar-refractivity contribution in [1.29, 1.82) is 0 Å². The van der Waals surface area contributed by atoms with Crippen molar-refractivity contribution in [2.45, 2.75) is 6.92 Å². The minimum atomic E-state index is -0.521. The molecule has 0 heterocycles. The molecular formula is C14H11BrFNOS. The summed E-state index contributed by atoms with van der Waals surface area (Å²) in [4.78, 5) is 0.132. The second-order valence-corrected chi connectivity index (χ2v) is 5.25. The molecule has 19 heavy (non-hydrogen) atoms. The average Bonchev–Trinajstić information content (AvgIpc) is 2.35. The van der Waals surface area contributed by atoms with Gasteiger partial charge in [-0.15, -0.1) is 0 Å². The highest BCUT2D eigenvalue weighted by Crippen LogP contribution is 2.31. The molecule has 5 heteroatoms. The van der Waals surface area contributed by atoms with Gasteiger partial charge in [-0.25, -0.2) is 4.39 Å². The van der Waals surface area contributed by atoms with Gasteiger partial charge in [-0.05, 0) is 52.7 Å². The predicted octanol–water partition coefficient (Wildman–Crippen LogP) is 4.32. The minimum absolute atomic E-state index is 0.123. The zero-order valence-corrected chi connectivity index (χ0v) is 12.5. The van der Waals surface area contributed by atoms with Gasteiger partial charge in [0.1, 0.15) is 10.7 Å². The molecule has 0 bridgehead atoms. The average molecular weight is 340 g/mol. The Balaban J connectivity index is 2.37.